The molecule has 0 radical (unpaired) electrons. The first-order chi connectivity index (χ1) is 9.08. The molecule has 2 rings (SSSR count). The van der Waals surface area contributed by atoms with Gasteiger partial charge in [-0.2, -0.15) is 0 Å². The van der Waals surface area contributed by atoms with Crippen LogP contribution in [0.15, 0.2) is 12.1 Å². The lowest BCUT2D eigenvalue weighted by molar-refractivity contribution is -0.144. The summed E-state index contributed by atoms with van der Waals surface area (Å²) in [6.45, 7) is 2.87. The Labute approximate surface area is 123 Å². The number of rotatable bonds is 5. The van der Waals surface area contributed by atoms with E-state index in [2.05, 4.69) is 12.2 Å². The molecule has 19 heavy (non-hydrogen) atoms. The molecule has 1 aliphatic carbocycles. The van der Waals surface area contributed by atoms with Crippen LogP contribution in [0.5, 0.6) is 0 Å². The number of hydrogen-bond donors (Lipinski definition) is 2. The molecule has 1 saturated carbocycles. The van der Waals surface area contributed by atoms with Crippen LogP contribution in [0, 0.1) is 11.8 Å². The van der Waals surface area contributed by atoms with E-state index in [0.29, 0.717) is 0 Å². The standard InChI is InChI=1S/C14H20ClNO2S/c1-9(12-6-7-13(15)19-12)16-8-10-4-2-3-5-11(10)14(17)18/h6-7,9-11,16H,2-5,8H2,1H3,(H,17,18). The molecule has 5 heteroatoms. The maximum absolute atomic E-state index is 11.2. The van der Waals surface area contributed by atoms with Crippen LogP contribution in [-0.2, 0) is 4.79 Å². The number of hydrogen-bond acceptors (Lipinski definition) is 3. The molecule has 1 aromatic heterocycles. The average molecular weight is 302 g/mol. The van der Waals surface area contributed by atoms with Gasteiger partial charge in [-0.1, -0.05) is 24.4 Å². The Morgan fingerprint density at radius 2 is 2.26 bits per heavy atom. The average Bonchev–Trinajstić information content (AvgIpc) is 2.83. The highest BCUT2D eigenvalue weighted by atomic mass is 35.5. The van der Waals surface area contributed by atoms with Gasteiger partial charge in [0.2, 0.25) is 0 Å². The summed E-state index contributed by atoms with van der Waals surface area (Å²) in [5, 5.41) is 12.7. The van der Waals surface area contributed by atoms with Gasteiger partial charge < -0.3 is 10.4 Å². The fourth-order valence-electron chi connectivity index (χ4n) is 2.77. The first-order valence-electron chi connectivity index (χ1n) is 6.79. The van der Waals surface area contributed by atoms with Crippen molar-refractivity contribution in [2.24, 2.45) is 11.8 Å². The molecule has 106 valence electrons. The van der Waals surface area contributed by atoms with E-state index >= 15 is 0 Å². The van der Waals surface area contributed by atoms with Gasteiger partial charge in [-0.05, 0) is 44.4 Å². The normalized spacial score (nSPS) is 25.2. The van der Waals surface area contributed by atoms with Gasteiger partial charge in [-0.3, -0.25) is 4.79 Å². The van der Waals surface area contributed by atoms with Crippen LogP contribution >= 0.6 is 22.9 Å². The van der Waals surface area contributed by atoms with Crippen molar-refractivity contribution < 1.29 is 9.90 Å². The second kappa shape index (κ2) is 6.73. The van der Waals surface area contributed by atoms with Crippen molar-refractivity contribution in [3.05, 3.63) is 21.3 Å². The van der Waals surface area contributed by atoms with E-state index in [1.165, 1.54) is 4.88 Å². The van der Waals surface area contributed by atoms with Crippen molar-refractivity contribution in [3.63, 3.8) is 0 Å². The zero-order valence-electron chi connectivity index (χ0n) is 11.1. The molecule has 0 saturated heterocycles. The largest absolute Gasteiger partial charge is 0.481 e. The van der Waals surface area contributed by atoms with Crippen LogP contribution in [0.4, 0.5) is 0 Å². The fraction of sp³-hybridized carbons (Fsp3) is 0.643. The molecule has 1 heterocycles. The van der Waals surface area contributed by atoms with E-state index in [-0.39, 0.29) is 17.9 Å². The summed E-state index contributed by atoms with van der Waals surface area (Å²) in [5.41, 5.74) is 0. The second-order valence-corrected chi connectivity index (χ2v) is 7.01. The highest BCUT2D eigenvalue weighted by Gasteiger charge is 2.30. The summed E-state index contributed by atoms with van der Waals surface area (Å²) in [5.74, 6) is -0.567. The Balaban J connectivity index is 1.88. The zero-order valence-corrected chi connectivity index (χ0v) is 12.6. The number of nitrogens with one attached hydrogen (secondary N) is 1. The molecule has 1 fully saturated rings. The van der Waals surface area contributed by atoms with E-state index in [0.717, 1.165) is 36.6 Å². The summed E-state index contributed by atoms with van der Waals surface area (Å²) >= 11 is 7.51. The number of carbonyl (C=O) groups is 1. The molecule has 2 N–H and O–H groups in total. The Hall–Kier alpha value is -0.580. The monoisotopic (exact) mass is 301 g/mol. The van der Waals surface area contributed by atoms with Crippen LogP contribution < -0.4 is 5.32 Å². The SMILES string of the molecule is CC(NCC1CCCCC1C(=O)O)c1ccc(Cl)s1. The molecule has 1 aliphatic rings. The lowest BCUT2D eigenvalue weighted by Crippen LogP contribution is -2.35. The van der Waals surface area contributed by atoms with E-state index in [9.17, 15) is 9.90 Å². The smallest absolute Gasteiger partial charge is 0.306 e. The summed E-state index contributed by atoms with van der Waals surface area (Å²) in [4.78, 5) is 12.4. The maximum atomic E-state index is 11.2. The van der Waals surface area contributed by atoms with Gasteiger partial charge in [0.15, 0.2) is 0 Å². The summed E-state index contributed by atoms with van der Waals surface area (Å²) in [7, 11) is 0. The van der Waals surface area contributed by atoms with Crippen LogP contribution in [0.25, 0.3) is 0 Å². The molecule has 0 spiro atoms. The van der Waals surface area contributed by atoms with Crippen molar-refractivity contribution in [1.29, 1.82) is 0 Å². The Morgan fingerprint density at radius 3 is 2.89 bits per heavy atom. The second-order valence-electron chi connectivity index (χ2n) is 5.26. The van der Waals surface area contributed by atoms with Crippen LogP contribution in [-0.4, -0.2) is 17.6 Å². The molecule has 0 amide bonds. The summed E-state index contributed by atoms with van der Waals surface area (Å²) in [6, 6.07) is 4.16. The van der Waals surface area contributed by atoms with E-state index in [1.807, 2.05) is 12.1 Å². The molecular weight excluding hydrogens is 282 g/mol. The molecule has 1 aromatic rings. The van der Waals surface area contributed by atoms with Gasteiger partial charge in [0.25, 0.3) is 0 Å². The number of carboxylic acids is 1. The van der Waals surface area contributed by atoms with Gasteiger partial charge >= 0.3 is 5.97 Å². The summed E-state index contributed by atoms with van der Waals surface area (Å²) in [6.07, 6.45) is 4.03. The van der Waals surface area contributed by atoms with Crippen molar-refractivity contribution in [1.82, 2.24) is 5.32 Å². The molecule has 3 atom stereocenters. The quantitative estimate of drug-likeness (QED) is 0.866. The molecule has 3 nitrogen and oxygen atoms in total. The number of carboxylic acid groups (broad SMARTS) is 1. The minimum atomic E-state index is -0.640. The third-order valence-electron chi connectivity index (χ3n) is 3.93. The number of aliphatic carboxylic acids is 1. The topological polar surface area (TPSA) is 49.3 Å². The van der Waals surface area contributed by atoms with Crippen LogP contribution in [0.3, 0.4) is 0 Å². The predicted molar refractivity (Wildman–Crippen MR) is 78.8 cm³/mol. The van der Waals surface area contributed by atoms with Crippen molar-refractivity contribution in [2.45, 2.75) is 38.6 Å². The first kappa shape index (κ1) is 14.8. The summed E-state index contributed by atoms with van der Waals surface area (Å²) < 4.78 is 0.796. The van der Waals surface area contributed by atoms with E-state index in [1.54, 1.807) is 11.3 Å². The van der Waals surface area contributed by atoms with Gasteiger partial charge in [0.05, 0.1) is 10.3 Å². The maximum Gasteiger partial charge on any atom is 0.306 e. The zero-order chi connectivity index (χ0) is 13.8. The molecule has 0 aromatic carbocycles. The highest BCUT2D eigenvalue weighted by molar-refractivity contribution is 7.16. The third-order valence-corrected chi connectivity index (χ3v) is 5.35. The van der Waals surface area contributed by atoms with Crippen LogP contribution in [0.2, 0.25) is 4.34 Å². The third kappa shape index (κ3) is 3.94. The van der Waals surface area contributed by atoms with Crippen molar-refractivity contribution in [3.8, 4) is 0 Å². The van der Waals surface area contributed by atoms with E-state index < -0.39 is 5.97 Å². The molecule has 0 bridgehead atoms. The van der Waals surface area contributed by atoms with Crippen molar-refractivity contribution in [2.75, 3.05) is 6.54 Å². The molecule has 3 unspecified atom stereocenters. The Kier molecular flexibility index (Phi) is 5.25. The van der Waals surface area contributed by atoms with E-state index in [4.69, 9.17) is 11.6 Å². The van der Waals surface area contributed by atoms with Gasteiger partial charge in [-0.15, -0.1) is 11.3 Å². The molecular formula is C14H20ClNO2S. The van der Waals surface area contributed by atoms with Gasteiger partial charge in [0, 0.05) is 10.9 Å². The van der Waals surface area contributed by atoms with Crippen molar-refractivity contribution >= 4 is 28.9 Å². The van der Waals surface area contributed by atoms with Gasteiger partial charge in [0.1, 0.15) is 0 Å². The number of thiophene rings is 1. The fourth-order valence-corrected chi connectivity index (χ4v) is 3.85. The highest BCUT2D eigenvalue weighted by Crippen LogP contribution is 2.31. The predicted octanol–water partition coefficient (Wildman–Crippen LogP) is 3.94. The lowest BCUT2D eigenvalue weighted by atomic mass is 9.79. The number of halogens is 1. The Bertz CT molecular complexity index is 435. The lowest BCUT2D eigenvalue weighted by Gasteiger charge is -2.29. The molecule has 0 aliphatic heterocycles. The minimum Gasteiger partial charge on any atom is -0.481 e. The first-order valence-corrected chi connectivity index (χ1v) is 7.99. The minimum absolute atomic E-state index is 0.180. The Morgan fingerprint density at radius 1 is 1.53 bits per heavy atom. The van der Waals surface area contributed by atoms with Crippen LogP contribution in [0.1, 0.15) is 43.5 Å². The van der Waals surface area contributed by atoms with Gasteiger partial charge in [-0.25, -0.2) is 0 Å².